The molecular weight excluding hydrogens is 829 g/mol. The summed E-state index contributed by atoms with van der Waals surface area (Å²) in [5.41, 5.74) is 10.8. The van der Waals surface area contributed by atoms with E-state index in [4.69, 9.17) is 11.5 Å². The van der Waals surface area contributed by atoms with Crippen LogP contribution in [-0.4, -0.2) is 39.0 Å². The number of hydrogen-bond acceptors (Lipinski definition) is 12. The number of benzene rings is 4. The number of nitrogen functional groups attached to an aromatic ring is 2. The molecule has 2 atom stereocenters. The molecule has 0 aliphatic rings. The number of aromatic nitrogens is 8. The van der Waals surface area contributed by atoms with Crippen molar-refractivity contribution in [3.8, 4) is 23.5 Å². The van der Waals surface area contributed by atoms with E-state index in [0.29, 0.717) is 24.3 Å². The maximum atomic E-state index is 14.4. The Morgan fingerprint density at radius 3 is 1.19 bits per heavy atom. The molecule has 0 aliphatic heterocycles. The third-order valence-electron chi connectivity index (χ3n) is 9.08. The van der Waals surface area contributed by atoms with Gasteiger partial charge in [-0.05, 0) is 38.1 Å². The second-order valence-corrected chi connectivity index (χ2v) is 13.3. The van der Waals surface area contributed by atoms with Crippen molar-refractivity contribution in [3.63, 3.8) is 0 Å². The normalized spacial score (nSPS) is 12.0. The number of fused-ring (bicyclic) bond motifs is 2. The van der Waals surface area contributed by atoms with Crippen LogP contribution in [0.3, 0.4) is 0 Å². The highest BCUT2D eigenvalue weighted by Gasteiger charge is 2.25. The summed E-state index contributed by atoms with van der Waals surface area (Å²) in [6.45, 7) is 3.20. The third kappa shape index (κ3) is 8.11. The van der Waals surface area contributed by atoms with Gasteiger partial charge in [-0.2, -0.15) is 10.5 Å². The molecule has 312 valence electrons. The predicted molar refractivity (Wildman–Crippen MR) is 208 cm³/mol. The third-order valence-corrected chi connectivity index (χ3v) is 9.08. The number of anilines is 4. The minimum Gasteiger partial charge on any atom is -0.382 e. The van der Waals surface area contributed by atoms with Crippen LogP contribution < -0.4 is 22.1 Å². The first-order chi connectivity index (χ1) is 29.6. The minimum atomic E-state index is -0.942. The van der Waals surface area contributed by atoms with Crippen molar-refractivity contribution in [3.05, 3.63) is 143 Å². The van der Waals surface area contributed by atoms with Gasteiger partial charge in [0.05, 0.1) is 34.5 Å². The van der Waals surface area contributed by atoms with Gasteiger partial charge in [0.2, 0.25) is 0 Å². The van der Waals surface area contributed by atoms with Gasteiger partial charge in [0.15, 0.2) is 11.6 Å². The summed E-state index contributed by atoms with van der Waals surface area (Å²) in [6, 6.07) is 10.9. The molecule has 4 heterocycles. The van der Waals surface area contributed by atoms with Crippen molar-refractivity contribution in [2.45, 2.75) is 25.9 Å². The quantitative estimate of drug-likeness (QED) is 0.107. The van der Waals surface area contributed by atoms with Gasteiger partial charge in [-0.3, -0.25) is 9.13 Å². The van der Waals surface area contributed by atoms with Crippen LogP contribution in [0.15, 0.2) is 73.3 Å². The lowest BCUT2D eigenvalue weighted by Crippen LogP contribution is -2.15. The van der Waals surface area contributed by atoms with Gasteiger partial charge in [0, 0.05) is 36.4 Å². The van der Waals surface area contributed by atoms with E-state index in [2.05, 4.69) is 40.5 Å². The monoisotopic (exact) mass is 854 g/mol. The summed E-state index contributed by atoms with van der Waals surface area (Å²) in [4.78, 5) is 23.9. The predicted octanol–water partition coefficient (Wildman–Crippen LogP) is 8.00. The molecule has 8 aromatic rings. The molecule has 0 amide bonds. The Morgan fingerprint density at radius 1 is 0.516 bits per heavy atom. The van der Waals surface area contributed by atoms with Crippen LogP contribution in [0.25, 0.3) is 33.4 Å². The average Bonchev–Trinajstić information content (AvgIpc) is 3.78. The summed E-state index contributed by atoms with van der Waals surface area (Å²) in [7, 11) is 0. The Hall–Kier alpha value is -8.40. The van der Waals surface area contributed by atoms with E-state index in [-0.39, 0.29) is 79.5 Å². The minimum absolute atomic E-state index is 0.0222. The topological polar surface area (TPSA) is 211 Å². The average molecular weight is 855 g/mol. The SMILES string of the molecule is C[C@@H](Nc1ncnc(N)c1C#N)c1nc2c(F)cc(F)cc2n1-c1cc(F)cc(F)c1.C[C@H](Nc1ncnc(N)c1C#N)c1nc2c(F)cc(F)cc2n1-c1cc(F)cc(F)c1. The Morgan fingerprint density at radius 2 is 0.855 bits per heavy atom. The van der Waals surface area contributed by atoms with E-state index in [1.807, 2.05) is 12.1 Å². The van der Waals surface area contributed by atoms with Crippen LogP contribution in [0.5, 0.6) is 0 Å². The van der Waals surface area contributed by atoms with Crippen LogP contribution in [-0.2, 0) is 0 Å². The summed E-state index contributed by atoms with van der Waals surface area (Å²) < 4.78 is 115. The molecule has 0 saturated heterocycles. The Balaban J connectivity index is 0.000000186. The zero-order chi connectivity index (χ0) is 44.6. The lowest BCUT2D eigenvalue weighted by atomic mass is 10.2. The number of imidazole rings is 2. The first-order valence-electron chi connectivity index (χ1n) is 17.8. The number of nitrogens with zero attached hydrogens (tertiary/aromatic N) is 10. The lowest BCUT2D eigenvalue weighted by molar-refractivity contribution is 0.580. The molecule has 0 unspecified atom stereocenters. The molecule has 14 nitrogen and oxygen atoms in total. The van der Waals surface area contributed by atoms with Gasteiger partial charge < -0.3 is 22.1 Å². The lowest BCUT2D eigenvalue weighted by Gasteiger charge is -2.18. The van der Waals surface area contributed by atoms with E-state index >= 15 is 0 Å². The highest BCUT2D eigenvalue weighted by atomic mass is 19.2. The van der Waals surface area contributed by atoms with Gasteiger partial charge in [0.25, 0.3) is 0 Å². The number of halogens is 8. The van der Waals surface area contributed by atoms with Crippen LogP contribution in [0.2, 0.25) is 0 Å². The van der Waals surface area contributed by atoms with Gasteiger partial charge in [-0.1, -0.05) is 0 Å². The summed E-state index contributed by atoms with van der Waals surface area (Å²) in [5.74, 6) is -6.94. The molecule has 4 aromatic heterocycles. The van der Waals surface area contributed by atoms with Crippen molar-refractivity contribution in [1.29, 1.82) is 10.5 Å². The number of hydrogen-bond donors (Lipinski definition) is 4. The number of nitriles is 2. The van der Waals surface area contributed by atoms with Crippen molar-refractivity contribution in [1.82, 2.24) is 39.0 Å². The second-order valence-electron chi connectivity index (χ2n) is 13.3. The molecule has 0 bridgehead atoms. The van der Waals surface area contributed by atoms with Crippen molar-refractivity contribution >= 4 is 45.3 Å². The maximum absolute atomic E-state index is 14.4. The smallest absolute Gasteiger partial charge is 0.153 e. The van der Waals surface area contributed by atoms with E-state index in [9.17, 15) is 45.6 Å². The molecule has 0 radical (unpaired) electrons. The summed E-state index contributed by atoms with van der Waals surface area (Å²) >= 11 is 0. The molecule has 0 aliphatic carbocycles. The van der Waals surface area contributed by atoms with Crippen LogP contribution in [0.1, 0.15) is 48.7 Å². The maximum Gasteiger partial charge on any atom is 0.153 e. The summed E-state index contributed by atoms with van der Waals surface area (Å²) in [6.07, 6.45) is 2.29. The van der Waals surface area contributed by atoms with Crippen molar-refractivity contribution < 1.29 is 35.1 Å². The highest BCUT2D eigenvalue weighted by molar-refractivity contribution is 5.80. The molecule has 62 heavy (non-hydrogen) atoms. The van der Waals surface area contributed by atoms with Gasteiger partial charge in [-0.15, -0.1) is 0 Å². The molecule has 0 fully saturated rings. The molecular formula is C40H26F8N14. The number of nitrogens with two attached hydrogens (primary N) is 2. The fraction of sp³-hybridized carbons (Fsp3) is 0.100. The van der Waals surface area contributed by atoms with Gasteiger partial charge in [0.1, 0.15) is 117 Å². The summed E-state index contributed by atoms with van der Waals surface area (Å²) in [5, 5.41) is 24.4. The molecule has 4 aromatic carbocycles. The van der Waals surface area contributed by atoms with Crippen LogP contribution in [0.4, 0.5) is 58.4 Å². The van der Waals surface area contributed by atoms with Crippen molar-refractivity contribution in [2.24, 2.45) is 0 Å². The van der Waals surface area contributed by atoms with E-state index in [1.54, 1.807) is 13.8 Å². The molecule has 8 rings (SSSR count). The first kappa shape index (κ1) is 41.7. The van der Waals surface area contributed by atoms with Crippen LogP contribution >= 0.6 is 0 Å². The largest absolute Gasteiger partial charge is 0.382 e. The molecule has 0 saturated carbocycles. The number of nitrogens with one attached hydrogen (secondary N) is 2. The molecule has 6 N–H and O–H groups in total. The highest BCUT2D eigenvalue weighted by Crippen LogP contribution is 2.33. The van der Waals surface area contributed by atoms with Gasteiger partial charge >= 0.3 is 0 Å². The van der Waals surface area contributed by atoms with Gasteiger partial charge in [-0.25, -0.2) is 65.0 Å². The van der Waals surface area contributed by atoms with Crippen molar-refractivity contribution in [2.75, 3.05) is 22.1 Å². The van der Waals surface area contributed by atoms with E-state index in [1.165, 1.54) is 9.13 Å². The number of rotatable bonds is 8. The first-order valence-corrected chi connectivity index (χ1v) is 17.8. The Bertz CT molecular complexity index is 2890. The molecule has 0 spiro atoms. The van der Waals surface area contributed by atoms with E-state index in [0.717, 1.165) is 49.1 Å². The second kappa shape index (κ2) is 16.7. The fourth-order valence-corrected chi connectivity index (χ4v) is 6.48. The molecule has 22 heteroatoms. The standard InChI is InChI=1S/2C20H13F4N7/c2*1-9(29-19-14(7-25)18(26)27-8-28-19)20-30-17-15(24)5-12(23)6-16(17)31(20)13-3-10(21)2-11(22)4-13/h2*2-6,8-9H,1H3,(H3,26,27,28,29)/t2*9-/m10/s1. The van der Waals surface area contributed by atoms with E-state index < -0.39 is 58.6 Å². The Kier molecular flexibility index (Phi) is 11.2. The fourth-order valence-electron chi connectivity index (χ4n) is 6.48. The zero-order valence-corrected chi connectivity index (χ0v) is 31.7. The van der Waals surface area contributed by atoms with Crippen LogP contribution in [0, 0.1) is 69.2 Å². The Labute approximate surface area is 343 Å². The zero-order valence-electron chi connectivity index (χ0n) is 31.7.